The van der Waals surface area contributed by atoms with Gasteiger partial charge in [-0.15, -0.1) is 0 Å². The zero-order chi connectivity index (χ0) is 16.8. The minimum atomic E-state index is -0.312. The number of hydrogen-bond donors (Lipinski definition) is 2. The van der Waals surface area contributed by atoms with Crippen molar-refractivity contribution < 1.29 is 4.79 Å². The molecule has 0 bridgehead atoms. The lowest BCUT2D eigenvalue weighted by molar-refractivity contribution is 0.0937. The number of aromatic nitrogens is 2. The lowest BCUT2D eigenvalue weighted by Crippen LogP contribution is -2.35. The van der Waals surface area contributed by atoms with Gasteiger partial charge in [-0.2, -0.15) is 0 Å². The van der Waals surface area contributed by atoms with Crippen LogP contribution in [-0.4, -0.2) is 41.4 Å². The van der Waals surface area contributed by atoms with Crippen molar-refractivity contribution in [3.05, 3.63) is 53.5 Å². The fraction of sp³-hybridized carbons (Fsp3) is 0.353. The summed E-state index contributed by atoms with van der Waals surface area (Å²) in [7, 11) is 3.97. The molecule has 1 heterocycles. The molecule has 0 aliphatic heterocycles. The quantitative estimate of drug-likeness (QED) is 0.847. The molecular formula is C17H23N5O. The lowest BCUT2D eigenvalue weighted by atomic mass is 10.0. The molecule has 0 saturated heterocycles. The van der Waals surface area contributed by atoms with E-state index in [1.54, 1.807) is 0 Å². The Morgan fingerprint density at radius 3 is 2.43 bits per heavy atom. The Kier molecular flexibility index (Phi) is 5.65. The molecule has 0 saturated carbocycles. The highest BCUT2D eigenvalue weighted by molar-refractivity contribution is 5.96. The van der Waals surface area contributed by atoms with Gasteiger partial charge >= 0.3 is 0 Å². The summed E-state index contributed by atoms with van der Waals surface area (Å²) in [6.07, 6.45) is 3.93. The molecule has 1 aromatic heterocycles. The molecule has 3 N–H and O–H groups in total. The molecule has 23 heavy (non-hydrogen) atoms. The van der Waals surface area contributed by atoms with Gasteiger partial charge < -0.3 is 16.0 Å². The van der Waals surface area contributed by atoms with E-state index in [2.05, 4.69) is 51.4 Å². The Hall–Kier alpha value is -2.47. The van der Waals surface area contributed by atoms with Gasteiger partial charge in [-0.05, 0) is 31.6 Å². The summed E-state index contributed by atoms with van der Waals surface area (Å²) in [5, 5.41) is 2.89. The first-order valence-electron chi connectivity index (χ1n) is 7.62. The number of carbonyl (C=O) groups excluding carboxylic acids is 1. The van der Waals surface area contributed by atoms with E-state index in [1.807, 2.05) is 14.1 Å². The van der Waals surface area contributed by atoms with E-state index in [-0.39, 0.29) is 23.5 Å². The molecule has 0 radical (unpaired) electrons. The summed E-state index contributed by atoms with van der Waals surface area (Å²) >= 11 is 0. The molecule has 0 unspecified atom stereocenters. The second-order valence-corrected chi connectivity index (χ2v) is 5.57. The van der Waals surface area contributed by atoms with Crippen LogP contribution in [0, 0.1) is 0 Å². The zero-order valence-corrected chi connectivity index (χ0v) is 13.8. The SMILES string of the molecule is CCc1ccc([C@@H](CNC(=O)c2nccnc2N)N(C)C)cc1. The highest BCUT2D eigenvalue weighted by Gasteiger charge is 2.17. The second-order valence-electron chi connectivity index (χ2n) is 5.57. The van der Waals surface area contributed by atoms with Gasteiger partial charge in [-0.25, -0.2) is 9.97 Å². The molecular weight excluding hydrogens is 290 g/mol. The minimum absolute atomic E-state index is 0.0720. The van der Waals surface area contributed by atoms with Crippen molar-refractivity contribution in [1.29, 1.82) is 0 Å². The molecule has 6 nitrogen and oxygen atoms in total. The third-order valence-electron chi connectivity index (χ3n) is 3.79. The topological polar surface area (TPSA) is 84.1 Å². The number of benzene rings is 1. The van der Waals surface area contributed by atoms with Gasteiger partial charge in [0.05, 0.1) is 6.04 Å². The summed E-state index contributed by atoms with van der Waals surface area (Å²) in [6, 6.07) is 8.52. The largest absolute Gasteiger partial charge is 0.382 e. The number of likely N-dealkylation sites (N-methyl/N-ethyl adjacent to an activating group) is 1. The van der Waals surface area contributed by atoms with Crippen LogP contribution in [0.5, 0.6) is 0 Å². The Balaban J connectivity index is 2.08. The smallest absolute Gasteiger partial charge is 0.273 e. The first-order chi connectivity index (χ1) is 11.0. The van der Waals surface area contributed by atoms with Gasteiger partial charge in [0, 0.05) is 18.9 Å². The first-order valence-corrected chi connectivity index (χ1v) is 7.62. The number of nitrogens with zero attached hydrogens (tertiary/aromatic N) is 3. The fourth-order valence-corrected chi connectivity index (χ4v) is 2.37. The number of hydrogen-bond acceptors (Lipinski definition) is 5. The maximum absolute atomic E-state index is 12.2. The average Bonchev–Trinajstić information content (AvgIpc) is 2.55. The van der Waals surface area contributed by atoms with Gasteiger partial charge in [-0.3, -0.25) is 4.79 Å². The molecule has 0 fully saturated rings. The predicted octanol–water partition coefficient (Wildman–Crippen LogP) is 1.65. The number of nitrogens with two attached hydrogens (primary N) is 1. The predicted molar refractivity (Wildman–Crippen MR) is 91.0 cm³/mol. The van der Waals surface area contributed by atoms with Gasteiger partial charge in [-0.1, -0.05) is 31.2 Å². The summed E-state index contributed by atoms with van der Waals surface area (Å²) in [4.78, 5) is 22.1. The summed E-state index contributed by atoms with van der Waals surface area (Å²) in [6.45, 7) is 2.59. The van der Waals surface area contributed by atoms with Crippen molar-refractivity contribution in [3.8, 4) is 0 Å². The Bertz CT molecular complexity index is 654. The summed E-state index contributed by atoms with van der Waals surface area (Å²) < 4.78 is 0. The summed E-state index contributed by atoms with van der Waals surface area (Å²) in [5.41, 5.74) is 8.29. The maximum Gasteiger partial charge on any atom is 0.273 e. The molecule has 122 valence electrons. The Labute approximate surface area is 136 Å². The Morgan fingerprint density at radius 2 is 1.87 bits per heavy atom. The van der Waals surface area contributed by atoms with E-state index in [9.17, 15) is 4.79 Å². The zero-order valence-electron chi connectivity index (χ0n) is 13.8. The van der Waals surface area contributed by atoms with E-state index in [1.165, 1.54) is 18.0 Å². The maximum atomic E-state index is 12.2. The number of rotatable bonds is 6. The van der Waals surface area contributed by atoms with E-state index in [0.717, 1.165) is 12.0 Å². The first kappa shape index (κ1) is 16.9. The van der Waals surface area contributed by atoms with Gasteiger partial charge in [0.15, 0.2) is 11.5 Å². The van der Waals surface area contributed by atoms with Crippen molar-refractivity contribution in [2.24, 2.45) is 0 Å². The number of carbonyl (C=O) groups is 1. The van der Waals surface area contributed by atoms with Crippen LogP contribution in [0.1, 0.15) is 34.6 Å². The third-order valence-corrected chi connectivity index (χ3v) is 3.79. The van der Waals surface area contributed by atoms with Gasteiger partial charge in [0.1, 0.15) is 0 Å². The van der Waals surface area contributed by atoms with Crippen LogP contribution in [0.2, 0.25) is 0 Å². The van der Waals surface area contributed by atoms with Gasteiger partial charge in [0.25, 0.3) is 5.91 Å². The van der Waals surface area contributed by atoms with Crippen molar-refractivity contribution in [3.63, 3.8) is 0 Å². The number of nitrogen functional groups attached to an aromatic ring is 1. The molecule has 1 aromatic carbocycles. The minimum Gasteiger partial charge on any atom is -0.382 e. The van der Waals surface area contributed by atoms with E-state index < -0.39 is 0 Å². The second kappa shape index (κ2) is 7.69. The van der Waals surface area contributed by atoms with Crippen LogP contribution in [0.15, 0.2) is 36.7 Å². The van der Waals surface area contributed by atoms with E-state index >= 15 is 0 Å². The molecule has 0 aliphatic rings. The molecule has 2 aromatic rings. The van der Waals surface area contributed by atoms with Crippen LogP contribution in [0.25, 0.3) is 0 Å². The monoisotopic (exact) mass is 313 g/mol. The Morgan fingerprint density at radius 1 is 1.22 bits per heavy atom. The van der Waals surface area contributed by atoms with Crippen molar-refractivity contribution in [1.82, 2.24) is 20.2 Å². The van der Waals surface area contributed by atoms with Crippen LogP contribution < -0.4 is 11.1 Å². The highest BCUT2D eigenvalue weighted by Crippen LogP contribution is 2.18. The molecule has 0 aliphatic carbocycles. The highest BCUT2D eigenvalue weighted by atomic mass is 16.1. The number of amides is 1. The van der Waals surface area contributed by atoms with Crippen molar-refractivity contribution in [2.75, 3.05) is 26.4 Å². The van der Waals surface area contributed by atoms with Crippen molar-refractivity contribution >= 4 is 11.7 Å². The lowest BCUT2D eigenvalue weighted by Gasteiger charge is -2.25. The molecule has 6 heteroatoms. The molecule has 0 spiro atoms. The standard InChI is InChI=1S/C17H23N5O/c1-4-12-5-7-13(8-6-12)14(22(2)3)11-21-17(23)15-16(18)20-10-9-19-15/h5-10,14H,4,11H2,1-3H3,(H2,18,20)(H,21,23)/t14-/m1/s1. The van der Waals surface area contributed by atoms with Crippen LogP contribution >= 0.6 is 0 Å². The third kappa shape index (κ3) is 4.26. The number of anilines is 1. The molecule has 1 amide bonds. The number of aryl methyl sites for hydroxylation is 1. The van der Waals surface area contributed by atoms with E-state index in [0.29, 0.717) is 6.54 Å². The number of nitrogens with one attached hydrogen (secondary N) is 1. The fourth-order valence-electron chi connectivity index (χ4n) is 2.37. The molecule has 2 rings (SSSR count). The normalized spacial score (nSPS) is 12.2. The van der Waals surface area contributed by atoms with Crippen LogP contribution in [-0.2, 0) is 6.42 Å². The average molecular weight is 313 g/mol. The van der Waals surface area contributed by atoms with Crippen LogP contribution in [0.4, 0.5) is 5.82 Å². The van der Waals surface area contributed by atoms with E-state index in [4.69, 9.17) is 5.73 Å². The molecule has 1 atom stereocenters. The van der Waals surface area contributed by atoms with Crippen molar-refractivity contribution in [2.45, 2.75) is 19.4 Å². The van der Waals surface area contributed by atoms with Gasteiger partial charge in [0.2, 0.25) is 0 Å². The van der Waals surface area contributed by atoms with Crippen LogP contribution in [0.3, 0.4) is 0 Å². The summed E-state index contributed by atoms with van der Waals surface area (Å²) in [5.74, 6) is -0.175.